The van der Waals surface area contributed by atoms with Gasteiger partial charge in [0, 0.05) is 6.26 Å². The highest BCUT2D eigenvalue weighted by Gasteiger charge is 2.21. The Hall–Kier alpha value is -1.86. The lowest BCUT2D eigenvalue weighted by Crippen LogP contribution is -2.12. The van der Waals surface area contributed by atoms with E-state index in [1.54, 1.807) is 25.1 Å². The van der Waals surface area contributed by atoms with Gasteiger partial charge in [0.2, 0.25) is 0 Å². The summed E-state index contributed by atoms with van der Waals surface area (Å²) in [5.74, 6) is 0.168. The lowest BCUT2D eigenvalue weighted by Gasteiger charge is -2.10. The van der Waals surface area contributed by atoms with Crippen LogP contribution >= 0.6 is 0 Å². The van der Waals surface area contributed by atoms with Crippen LogP contribution in [0.5, 0.6) is 5.75 Å². The van der Waals surface area contributed by atoms with Gasteiger partial charge in [0.1, 0.15) is 10.6 Å². The summed E-state index contributed by atoms with van der Waals surface area (Å²) in [5, 5.41) is 0. The standard InChI is InChI=1S/C14H14O5S2/c1-11-8-9-13(20(2,15)16)10-14(11)21(17,18)19-12-6-4-3-5-7-12/h3-10H,1-2H3. The summed E-state index contributed by atoms with van der Waals surface area (Å²) in [5.41, 5.74) is 0.415. The Labute approximate surface area is 124 Å². The third-order valence-corrected chi connectivity index (χ3v) is 5.31. The Morgan fingerprint density at radius 2 is 1.52 bits per heavy atom. The van der Waals surface area contributed by atoms with E-state index < -0.39 is 20.0 Å². The molecular formula is C14H14O5S2. The van der Waals surface area contributed by atoms with Gasteiger partial charge in [0.15, 0.2) is 9.84 Å². The van der Waals surface area contributed by atoms with Crippen LogP contribution in [0.3, 0.4) is 0 Å². The maximum absolute atomic E-state index is 12.3. The van der Waals surface area contributed by atoms with Crippen LogP contribution in [0, 0.1) is 6.92 Å². The molecule has 7 heteroatoms. The molecule has 0 aliphatic carbocycles. The van der Waals surface area contributed by atoms with Gasteiger partial charge in [-0.1, -0.05) is 24.3 Å². The van der Waals surface area contributed by atoms with Gasteiger partial charge >= 0.3 is 10.1 Å². The summed E-state index contributed by atoms with van der Waals surface area (Å²) in [6.07, 6.45) is 1.02. The minimum Gasteiger partial charge on any atom is -0.379 e. The van der Waals surface area contributed by atoms with Gasteiger partial charge < -0.3 is 4.18 Å². The first kappa shape index (κ1) is 15.5. The monoisotopic (exact) mass is 326 g/mol. The van der Waals surface area contributed by atoms with Crippen molar-refractivity contribution < 1.29 is 21.0 Å². The molecule has 0 unspecified atom stereocenters. The van der Waals surface area contributed by atoms with Crippen molar-refractivity contribution in [3.8, 4) is 5.75 Å². The number of rotatable bonds is 4. The van der Waals surface area contributed by atoms with Crippen LogP contribution in [0.1, 0.15) is 5.56 Å². The molecule has 112 valence electrons. The van der Waals surface area contributed by atoms with Crippen molar-refractivity contribution in [2.45, 2.75) is 16.7 Å². The quantitative estimate of drug-likeness (QED) is 0.805. The molecule has 0 aliphatic heterocycles. The molecule has 0 saturated carbocycles. The van der Waals surface area contributed by atoms with Gasteiger partial charge in [-0.15, -0.1) is 0 Å². The van der Waals surface area contributed by atoms with Crippen molar-refractivity contribution in [2.75, 3.05) is 6.26 Å². The van der Waals surface area contributed by atoms with E-state index in [1.807, 2.05) is 0 Å². The van der Waals surface area contributed by atoms with Crippen LogP contribution in [0.25, 0.3) is 0 Å². The highest BCUT2D eigenvalue weighted by molar-refractivity contribution is 7.90. The molecule has 0 spiro atoms. The van der Waals surface area contributed by atoms with Crippen LogP contribution in [0.2, 0.25) is 0 Å². The zero-order valence-corrected chi connectivity index (χ0v) is 13.1. The highest BCUT2D eigenvalue weighted by atomic mass is 32.2. The Balaban J connectivity index is 2.50. The normalized spacial score (nSPS) is 12.1. The number of sulfone groups is 1. The molecule has 0 saturated heterocycles. The fourth-order valence-corrected chi connectivity index (χ4v) is 3.64. The zero-order valence-electron chi connectivity index (χ0n) is 11.5. The van der Waals surface area contributed by atoms with Crippen molar-refractivity contribution >= 4 is 20.0 Å². The van der Waals surface area contributed by atoms with E-state index in [0.29, 0.717) is 5.56 Å². The number of para-hydroxylation sites is 1. The fourth-order valence-electron chi connectivity index (χ4n) is 1.73. The van der Waals surface area contributed by atoms with E-state index in [9.17, 15) is 16.8 Å². The third-order valence-electron chi connectivity index (χ3n) is 2.81. The van der Waals surface area contributed by atoms with Crippen LogP contribution in [0.4, 0.5) is 0 Å². The highest BCUT2D eigenvalue weighted by Crippen LogP contribution is 2.23. The SMILES string of the molecule is Cc1ccc(S(C)(=O)=O)cc1S(=O)(=O)Oc1ccccc1. The molecule has 0 radical (unpaired) electrons. The molecule has 21 heavy (non-hydrogen) atoms. The van der Waals surface area contributed by atoms with Gasteiger partial charge in [0.05, 0.1) is 4.90 Å². The number of benzene rings is 2. The predicted octanol–water partition coefficient (Wildman–Crippen LogP) is 2.17. The summed E-state index contributed by atoms with van der Waals surface area (Å²) >= 11 is 0. The number of aryl methyl sites for hydroxylation is 1. The Bertz CT molecular complexity index is 853. The van der Waals surface area contributed by atoms with Gasteiger partial charge in [-0.25, -0.2) is 8.42 Å². The van der Waals surface area contributed by atoms with E-state index in [1.165, 1.54) is 24.3 Å². The average Bonchev–Trinajstić information content (AvgIpc) is 2.38. The van der Waals surface area contributed by atoms with Crippen molar-refractivity contribution in [3.05, 3.63) is 54.1 Å². The van der Waals surface area contributed by atoms with Gasteiger partial charge in [-0.2, -0.15) is 8.42 Å². The lowest BCUT2D eigenvalue weighted by atomic mass is 10.2. The third kappa shape index (κ3) is 3.62. The first-order chi connectivity index (χ1) is 9.70. The molecule has 0 heterocycles. The van der Waals surface area contributed by atoms with Crippen LogP contribution in [-0.2, 0) is 20.0 Å². The van der Waals surface area contributed by atoms with Crippen molar-refractivity contribution in [1.29, 1.82) is 0 Å². The minimum atomic E-state index is -4.09. The predicted molar refractivity (Wildman–Crippen MR) is 78.5 cm³/mol. The molecule has 0 atom stereocenters. The summed E-state index contributed by atoms with van der Waals surface area (Å²) in [7, 11) is -7.59. The average molecular weight is 326 g/mol. The first-order valence-corrected chi connectivity index (χ1v) is 9.30. The molecule has 0 aromatic heterocycles. The maximum atomic E-state index is 12.3. The van der Waals surface area contributed by atoms with E-state index in [4.69, 9.17) is 4.18 Å². The smallest absolute Gasteiger partial charge is 0.339 e. The van der Waals surface area contributed by atoms with E-state index >= 15 is 0 Å². The van der Waals surface area contributed by atoms with Crippen molar-refractivity contribution in [1.82, 2.24) is 0 Å². The van der Waals surface area contributed by atoms with Crippen LogP contribution in [-0.4, -0.2) is 23.1 Å². The second-order valence-corrected chi connectivity index (χ2v) is 8.08. The van der Waals surface area contributed by atoms with Gasteiger partial charge in [-0.3, -0.25) is 0 Å². The van der Waals surface area contributed by atoms with Crippen LogP contribution < -0.4 is 4.18 Å². The first-order valence-electron chi connectivity index (χ1n) is 6.00. The number of hydrogen-bond donors (Lipinski definition) is 0. The van der Waals surface area contributed by atoms with Crippen LogP contribution in [0.15, 0.2) is 58.3 Å². The molecular weight excluding hydrogens is 312 g/mol. The van der Waals surface area contributed by atoms with Gasteiger partial charge in [-0.05, 0) is 36.8 Å². The Kier molecular flexibility index (Phi) is 4.06. The molecule has 5 nitrogen and oxygen atoms in total. The largest absolute Gasteiger partial charge is 0.379 e. The van der Waals surface area contributed by atoms with Gasteiger partial charge in [0.25, 0.3) is 0 Å². The molecule has 2 aromatic rings. The molecule has 0 aliphatic rings. The summed E-state index contributed by atoms with van der Waals surface area (Å²) < 4.78 is 52.7. The Morgan fingerprint density at radius 3 is 2.10 bits per heavy atom. The fraction of sp³-hybridized carbons (Fsp3) is 0.143. The second-order valence-electron chi connectivity index (χ2n) is 4.55. The minimum absolute atomic E-state index is 0.0664. The number of hydrogen-bond acceptors (Lipinski definition) is 5. The van der Waals surface area contributed by atoms with Crippen molar-refractivity contribution in [3.63, 3.8) is 0 Å². The van der Waals surface area contributed by atoms with E-state index in [2.05, 4.69) is 0 Å². The zero-order chi connectivity index (χ0) is 15.7. The summed E-state index contributed by atoms with van der Waals surface area (Å²) in [6, 6.07) is 12.0. The lowest BCUT2D eigenvalue weighted by molar-refractivity contribution is 0.485. The summed E-state index contributed by atoms with van der Waals surface area (Å²) in [6.45, 7) is 1.58. The molecule has 0 bridgehead atoms. The molecule has 0 fully saturated rings. The molecule has 0 N–H and O–H groups in total. The van der Waals surface area contributed by atoms with E-state index in [-0.39, 0.29) is 15.5 Å². The van der Waals surface area contributed by atoms with E-state index in [0.717, 1.165) is 12.3 Å². The topological polar surface area (TPSA) is 77.5 Å². The maximum Gasteiger partial charge on any atom is 0.339 e. The summed E-state index contributed by atoms with van der Waals surface area (Å²) in [4.78, 5) is -0.224. The molecule has 0 amide bonds. The molecule has 2 aromatic carbocycles. The van der Waals surface area contributed by atoms with Crippen molar-refractivity contribution in [2.24, 2.45) is 0 Å². The second kappa shape index (κ2) is 5.50. The molecule has 2 rings (SSSR count). The Morgan fingerprint density at radius 1 is 0.905 bits per heavy atom.